The molecule has 1 heterocycles. The van der Waals surface area contributed by atoms with Crippen LogP contribution in [0.5, 0.6) is 0 Å². The summed E-state index contributed by atoms with van der Waals surface area (Å²) < 4.78 is 13.0. The molecular formula is C23H32FN3. The molecule has 0 amide bonds. The van der Waals surface area contributed by atoms with Gasteiger partial charge in [0.1, 0.15) is 5.82 Å². The summed E-state index contributed by atoms with van der Waals surface area (Å²) in [6.07, 6.45) is 2.33. The number of nitrogens with one attached hydrogen (secondary N) is 1. The van der Waals surface area contributed by atoms with Crippen molar-refractivity contribution >= 4 is 5.69 Å². The van der Waals surface area contributed by atoms with Crippen molar-refractivity contribution in [3.05, 3.63) is 65.5 Å². The smallest absolute Gasteiger partial charge is 0.123 e. The van der Waals surface area contributed by atoms with Gasteiger partial charge in [0.2, 0.25) is 0 Å². The molecule has 0 radical (unpaired) electrons. The van der Waals surface area contributed by atoms with Crippen molar-refractivity contribution in [3.63, 3.8) is 0 Å². The summed E-state index contributed by atoms with van der Waals surface area (Å²) in [7, 11) is 0. The van der Waals surface area contributed by atoms with Crippen LogP contribution in [-0.2, 0) is 13.1 Å². The molecule has 1 saturated heterocycles. The van der Waals surface area contributed by atoms with Crippen molar-refractivity contribution in [2.75, 3.05) is 31.1 Å². The van der Waals surface area contributed by atoms with Crippen molar-refractivity contribution in [3.8, 4) is 0 Å². The van der Waals surface area contributed by atoms with E-state index >= 15 is 0 Å². The van der Waals surface area contributed by atoms with Gasteiger partial charge in [-0.15, -0.1) is 0 Å². The number of likely N-dealkylation sites (tertiary alicyclic amines) is 1. The normalized spacial score (nSPS) is 15.8. The molecule has 0 spiro atoms. The molecule has 1 fully saturated rings. The Labute approximate surface area is 163 Å². The number of hydrogen-bond acceptors (Lipinski definition) is 3. The predicted molar refractivity (Wildman–Crippen MR) is 112 cm³/mol. The second kappa shape index (κ2) is 9.86. The molecular weight excluding hydrogens is 337 g/mol. The molecule has 0 bridgehead atoms. The fourth-order valence-electron chi connectivity index (χ4n) is 3.82. The molecule has 0 atom stereocenters. The molecule has 4 heteroatoms. The van der Waals surface area contributed by atoms with E-state index in [1.54, 1.807) is 0 Å². The number of nitrogens with zero attached hydrogens (tertiary/aromatic N) is 2. The molecule has 0 aliphatic carbocycles. The second-order valence-corrected chi connectivity index (χ2v) is 7.40. The van der Waals surface area contributed by atoms with Gasteiger partial charge in [0.05, 0.1) is 0 Å². The fourth-order valence-corrected chi connectivity index (χ4v) is 3.82. The number of piperidine rings is 1. The van der Waals surface area contributed by atoms with E-state index in [1.165, 1.54) is 36.2 Å². The number of anilines is 1. The molecule has 0 aromatic heterocycles. The first-order chi connectivity index (χ1) is 13.2. The minimum atomic E-state index is -0.169. The van der Waals surface area contributed by atoms with E-state index < -0.39 is 0 Å². The lowest BCUT2D eigenvalue weighted by atomic mass is 10.0. The highest BCUT2D eigenvalue weighted by molar-refractivity contribution is 5.47. The Balaban J connectivity index is 1.42. The van der Waals surface area contributed by atoms with Crippen LogP contribution in [0.3, 0.4) is 0 Å². The minimum absolute atomic E-state index is 0.169. The maximum Gasteiger partial charge on any atom is 0.123 e. The molecule has 2 aromatic carbocycles. The van der Waals surface area contributed by atoms with E-state index in [0.717, 1.165) is 44.8 Å². The fraction of sp³-hybridized carbons (Fsp3) is 0.478. The van der Waals surface area contributed by atoms with Gasteiger partial charge in [0.25, 0.3) is 0 Å². The number of benzene rings is 2. The van der Waals surface area contributed by atoms with Gasteiger partial charge < -0.3 is 10.2 Å². The van der Waals surface area contributed by atoms with Gasteiger partial charge in [-0.05, 0) is 75.2 Å². The van der Waals surface area contributed by atoms with Crippen LogP contribution in [0.25, 0.3) is 0 Å². The number of hydrogen-bond donors (Lipinski definition) is 1. The van der Waals surface area contributed by atoms with Crippen molar-refractivity contribution in [1.82, 2.24) is 10.2 Å². The van der Waals surface area contributed by atoms with Crippen molar-refractivity contribution in [2.45, 2.75) is 45.8 Å². The highest BCUT2D eigenvalue weighted by Gasteiger charge is 2.18. The van der Waals surface area contributed by atoms with E-state index in [2.05, 4.69) is 53.2 Å². The third-order valence-corrected chi connectivity index (χ3v) is 5.57. The quantitative estimate of drug-likeness (QED) is 0.743. The summed E-state index contributed by atoms with van der Waals surface area (Å²) in [4.78, 5) is 4.92. The van der Waals surface area contributed by atoms with E-state index in [-0.39, 0.29) is 5.82 Å². The molecule has 1 N–H and O–H groups in total. The van der Waals surface area contributed by atoms with Crippen LogP contribution in [-0.4, -0.2) is 37.1 Å². The molecule has 1 aliphatic heterocycles. The van der Waals surface area contributed by atoms with Gasteiger partial charge in [0.15, 0.2) is 0 Å². The lowest BCUT2D eigenvalue weighted by Gasteiger charge is -2.32. The summed E-state index contributed by atoms with van der Waals surface area (Å²) in [6, 6.07) is 16.4. The second-order valence-electron chi connectivity index (χ2n) is 7.40. The zero-order chi connectivity index (χ0) is 19.1. The maximum atomic E-state index is 13.0. The monoisotopic (exact) mass is 369 g/mol. The third kappa shape index (κ3) is 5.78. The van der Waals surface area contributed by atoms with Crippen molar-refractivity contribution in [2.24, 2.45) is 0 Å². The lowest BCUT2D eigenvalue weighted by molar-refractivity contribution is 0.190. The van der Waals surface area contributed by atoms with E-state index in [1.807, 2.05) is 12.1 Å². The highest BCUT2D eigenvalue weighted by Crippen LogP contribution is 2.18. The Kier molecular flexibility index (Phi) is 7.25. The third-order valence-electron chi connectivity index (χ3n) is 5.57. The Morgan fingerprint density at radius 3 is 2.11 bits per heavy atom. The molecule has 0 saturated carbocycles. The molecule has 2 aromatic rings. The molecule has 1 aliphatic rings. The average molecular weight is 370 g/mol. The first-order valence-corrected chi connectivity index (χ1v) is 10.2. The Hall–Kier alpha value is -1.91. The first kappa shape index (κ1) is 19.8. The number of halogens is 1. The van der Waals surface area contributed by atoms with Crippen LogP contribution in [0.2, 0.25) is 0 Å². The van der Waals surface area contributed by atoms with E-state index in [9.17, 15) is 4.39 Å². The maximum absolute atomic E-state index is 13.0. The zero-order valence-electron chi connectivity index (χ0n) is 16.6. The van der Waals surface area contributed by atoms with Crippen LogP contribution in [0, 0.1) is 5.82 Å². The lowest BCUT2D eigenvalue weighted by Crippen LogP contribution is -2.41. The molecule has 27 heavy (non-hydrogen) atoms. The van der Waals surface area contributed by atoms with Crippen LogP contribution in [0.4, 0.5) is 10.1 Å². The first-order valence-electron chi connectivity index (χ1n) is 10.2. The van der Waals surface area contributed by atoms with Crippen molar-refractivity contribution in [1.29, 1.82) is 0 Å². The summed E-state index contributed by atoms with van der Waals surface area (Å²) in [5.41, 5.74) is 3.85. The Morgan fingerprint density at radius 2 is 1.52 bits per heavy atom. The van der Waals surface area contributed by atoms with Crippen molar-refractivity contribution < 1.29 is 4.39 Å². The average Bonchev–Trinajstić information content (AvgIpc) is 2.71. The summed E-state index contributed by atoms with van der Waals surface area (Å²) >= 11 is 0. The van der Waals surface area contributed by atoms with E-state index in [4.69, 9.17) is 0 Å². The van der Waals surface area contributed by atoms with Gasteiger partial charge in [-0.1, -0.05) is 24.3 Å². The topological polar surface area (TPSA) is 18.5 Å². The number of rotatable bonds is 8. The van der Waals surface area contributed by atoms with Crippen LogP contribution in [0.15, 0.2) is 48.5 Å². The summed E-state index contributed by atoms with van der Waals surface area (Å²) in [6.45, 7) is 10.6. The summed E-state index contributed by atoms with van der Waals surface area (Å²) in [5, 5.41) is 3.62. The molecule has 3 nitrogen and oxygen atoms in total. The van der Waals surface area contributed by atoms with Gasteiger partial charge in [0, 0.05) is 37.9 Å². The highest BCUT2D eigenvalue weighted by atomic mass is 19.1. The molecule has 146 valence electrons. The molecule has 0 unspecified atom stereocenters. The zero-order valence-corrected chi connectivity index (χ0v) is 16.6. The largest absolute Gasteiger partial charge is 0.372 e. The Bertz CT molecular complexity index is 672. The van der Waals surface area contributed by atoms with Crippen LogP contribution < -0.4 is 10.2 Å². The van der Waals surface area contributed by atoms with Crippen LogP contribution in [0.1, 0.15) is 37.8 Å². The minimum Gasteiger partial charge on any atom is -0.372 e. The van der Waals surface area contributed by atoms with Gasteiger partial charge in [-0.3, -0.25) is 4.90 Å². The Morgan fingerprint density at radius 1 is 0.926 bits per heavy atom. The van der Waals surface area contributed by atoms with Gasteiger partial charge in [-0.2, -0.15) is 0 Å². The summed E-state index contributed by atoms with van der Waals surface area (Å²) in [5.74, 6) is -0.169. The SMILES string of the molecule is CCN(CC)c1ccc(CN2CCC(NCc3ccc(F)cc3)CC2)cc1. The predicted octanol–water partition coefficient (Wildman–Crippen LogP) is 4.43. The van der Waals surface area contributed by atoms with Gasteiger partial charge >= 0.3 is 0 Å². The molecule has 3 rings (SSSR count). The standard InChI is InChI=1S/C23H32FN3/c1-3-27(4-2)23-11-7-20(8-12-23)18-26-15-13-22(14-16-26)25-17-19-5-9-21(24)10-6-19/h5-12,22,25H,3-4,13-18H2,1-2H3. The van der Waals surface area contributed by atoms with Gasteiger partial charge in [-0.25, -0.2) is 4.39 Å². The van der Waals surface area contributed by atoms with E-state index in [0.29, 0.717) is 6.04 Å². The van der Waals surface area contributed by atoms with Crippen LogP contribution >= 0.6 is 0 Å².